The number of ether oxygens (including phenoxy) is 1. The lowest BCUT2D eigenvalue weighted by molar-refractivity contribution is 0.0497. The maximum absolute atomic E-state index is 13.0. The maximum atomic E-state index is 13.0. The molecular weight excluding hydrogens is 454 g/mol. The number of anilines is 1. The lowest BCUT2D eigenvalue weighted by Crippen LogP contribution is -2.09. The minimum Gasteiger partial charge on any atom is -0.462 e. The van der Waals surface area contributed by atoms with Crippen LogP contribution in [0.3, 0.4) is 0 Å². The molecule has 0 aliphatic heterocycles. The molecule has 34 heavy (non-hydrogen) atoms. The molecule has 0 radical (unpaired) electrons. The summed E-state index contributed by atoms with van der Waals surface area (Å²) in [5, 5.41) is 5.25. The molecule has 0 unspecified atom stereocenters. The van der Waals surface area contributed by atoms with Gasteiger partial charge in [0.2, 0.25) is 0 Å². The summed E-state index contributed by atoms with van der Waals surface area (Å²) in [5.41, 5.74) is 9.54. The molecule has 0 saturated heterocycles. The van der Waals surface area contributed by atoms with E-state index >= 15 is 0 Å². The second-order valence-corrected chi connectivity index (χ2v) is 7.97. The summed E-state index contributed by atoms with van der Waals surface area (Å²) in [6.45, 7) is 0.781. The molecule has 10 heteroatoms. The van der Waals surface area contributed by atoms with E-state index in [1.807, 2.05) is 47.0 Å². The highest BCUT2D eigenvalue weighted by atomic mass is 35.5. The normalized spacial score (nSPS) is 11.1. The smallest absolute Gasteiger partial charge is 0.342 e. The lowest BCUT2D eigenvalue weighted by Gasteiger charge is -2.06. The fourth-order valence-electron chi connectivity index (χ4n) is 3.60. The number of aryl methyl sites for hydroxylation is 1. The van der Waals surface area contributed by atoms with Crippen LogP contribution in [0.1, 0.15) is 16.8 Å². The van der Waals surface area contributed by atoms with E-state index in [1.54, 1.807) is 29.3 Å². The Hall–Kier alpha value is -4.24. The standard InChI is InChI=1S/C24H20ClN7O2/c25-17-9-7-16(8-10-17)20-19(13-32(30-20)18-5-2-1-3-6-18)24(33)34-12-4-11-31-15-29-21-22(26)27-14-28-23(21)31/h1-3,5-10,13-15H,4,11-12H2,(H2,26,27,28). The summed E-state index contributed by atoms with van der Waals surface area (Å²) in [6.07, 6.45) is 5.31. The first-order valence-electron chi connectivity index (χ1n) is 10.6. The van der Waals surface area contributed by atoms with E-state index in [1.165, 1.54) is 6.33 Å². The zero-order valence-electron chi connectivity index (χ0n) is 18.0. The van der Waals surface area contributed by atoms with Crippen molar-refractivity contribution in [3.05, 3.63) is 84.0 Å². The number of imidazole rings is 1. The van der Waals surface area contributed by atoms with E-state index in [4.69, 9.17) is 22.1 Å². The summed E-state index contributed by atoms with van der Waals surface area (Å²) in [6, 6.07) is 16.8. The molecule has 170 valence electrons. The molecule has 2 aromatic carbocycles. The number of nitrogens with two attached hydrogens (primary N) is 1. The minimum absolute atomic E-state index is 0.218. The lowest BCUT2D eigenvalue weighted by atomic mass is 10.1. The quantitative estimate of drug-likeness (QED) is 0.279. The number of halogens is 1. The van der Waals surface area contributed by atoms with Crippen LogP contribution in [0.15, 0.2) is 73.4 Å². The molecule has 0 saturated carbocycles. The highest BCUT2D eigenvalue weighted by molar-refractivity contribution is 6.30. The Labute approximate surface area is 199 Å². The van der Waals surface area contributed by atoms with Gasteiger partial charge in [0.15, 0.2) is 11.5 Å². The van der Waals surface area contributed by atoms with E-state index in [0.29, 0.717) is 46.2 Å². The van der Waals surface area contributed by atoms with Gasteiger partial charge >= 0.3 is 5.97 Å². The van der Waals surface area contributed by atoms with Gasteiger partial charge in [0.1, 0.15) is 23.1 Å². The number of carbonyl (C=O) groups excluding carboxylic acids is 1. The average molecular weight is 474 g/mol. The molecule has 5 rings (SSSR count). The van der Waals surface area contributed by atoms with E-state index in [9.17, 15) is 4.79 Å². The van der Waals surface area contributed by atoms with Gasteiger partial charge < -0.3 is 15.0 Å². The van der Waals surface area contributed by atoms with E-state index < -0.39 is 5.97 Å². The van der Waals surface area contributed by atoms with Gasteiger partial charge in [-0.15, -0.1) is 0 Å². The SMILES string of the molecule is Nc1ncnc2c1ncn2CCCOC(=O)c1cn(-c2ccccc2)nc1-c1ccc(Cl)cc1. The maximum Gasteiger partial charge on any atom is 0.342 e. The second kappa shape index (κ2) is 9.32. The van der Waals surface area contributed by atoms with Crippen LogP contribution >= 0.6 is 11.6 Å². The highest BCUT2D eigenvalue weighted by Gasteiger charge is 2.20. The van der Waals surface area contributed by atoms with Gasteiger partial charge in [-0.3, -0.25) is 0 Å². The number of nitrogens with zero attached hydrogens (tertiary/aromatic N) is 6. The Kier molecular flexibility index (Phi) is 5.92. The molecule has 0 fully saturated rings. The minimum atomic E-state index is -0.450. The number of aromatic nitrogens is 6. The van der Waals surface area contributed by atoms with Gasteiger partial charge in [0, 0.05) is 23.3 Å². The highest BCUT2D eigenvalue weighted by Crippen LogP contribution is 2.26. The van der Waals surface area contributed by atoms with Gasteiger partial charge in [0.05, 0.1) is 18.6 Å². The summed E-state index contributed by atoms with van der Waals surface area (Å²) >= 11 is 6.04. The van der Waals surface area contributed by atoms with Crippen LogP contribution in [-0.4, -0.2) is 41.9 Å². The molecule has 0 amide bonds. The summed E-state index contributed by atoms with van der Waals surface area (Å²) in [7, 11) is 0. The molecule has 0 atom stereocenters. The molecule has 3 aromatic heterocycles. The molecule has 0 spiro atoms. The molecule has 3 heterocycles. The number of esters is 1. The third-order valence-electron chi connectivity index (χ3n) is 5.28. The predicted molar refractivity (Wildman–Crippen MR) is 129 cm³/mol. The Morgan fingerprint density at radius 1 is 1.03 bits per heavy atom. The van der Waals surface area contributed by atoms with Gasteiger partial charge in [-0.1, -0.05) is 41.9 Å². The monoisotopic (exact) mass is 473 g/mol. The number of fused-ring (bicyclic) bond motifs is 1. The van der Waals surface area contributed by atoms with Gasteiger partial charge in [-0.05, 0) is 30.7 Å². The molecule has 9 nitrogen and oxygen atoms in total. The van der Waals surface area contributed by atoms with Gasteiger partial charge in [0.25, 0.3) is 0 Å². The average Bonchev–Trinajstić information content (AvgIpc) is 3.49. The number of nitrogen functional groups attached to an aromatic ring is 1. The fraction of sp³-hybridized carbons (Fsp3) is 0.125. The molecule has 2 N–H and O–H groups in total. The Morgan fingerprint density at radius 2 is 1.82 bits per heavy atom. The molecule has 5 aromatic rings. The van der Waals surface area contributed by atoms with E-state index in [2.05, 4.69) is 20.1 Å². The van der Waals surface area contributed by atoms with Crippen molar-refractivity contribution in [2.75, 3.05) is 12.3 Å². The van der Waals surface area contributed by atoms with Crippen molar-refractivity contribution >= 4 is 34.6 Å². The van der Waals surface area contributed by atoms with Gasteiger partial charge in [-0.25, -0.2) is 24.4 Å². The van der Waals surface area contributed by atoms with Crippen molar-refractivity contribution in [3.63, 3.8) is 0 Å². The van der Waals surface area contributed by atoms with Crippen molar-refractivity contribution in [1.29, 1.82) is 0 Å². The van der Waals surface area contributed by atoms with Gasteiger partial charge in [-0.2, -0.15) is 5.10 Å². The third-order valence-corrected chi connectivity index (χ3v) is 5.53. The molecular formula is C24H20ClN7O2. The molecule has 0 aliphatic rings. The summed E-state index contributed by atoms with van der Waals surface area (Å²) in [5.74, 6) is -0.116. The van der Waals surface area contributed by atoms with Crippen molar-refractivity contribution < 1.29 is 9.53 Å². The number of hydrogen-bond donors (Lipinski definition) is 1. The van der Waals surface area contributed by atoms with E-state index in [-0.39, 0.29) is 6.61 Å². The largest absolute Gasteiger partial charge is 0.462 e. The zero-order valence-corrected chi connectivity index (χ0v) is 18.8. The summed E-state index contributed by atoms with van der Waals surface area (Å²) < 4.78 is 9.11. The van der Waals surface area contributed by atoms with Crippen LogP contribution in [0.5, 0.6) is 0 Å². The van der Waals surface area contributed by atoms with Crippen molar-refractivity contribution in [2.45, 2.75) is 13.0 Å². The fourth-order valence-corrected chi connectivity index (χ4v) is 3.72. The Morgan fingerprint density at radius 3 is 2.62 bits per heavy atom. The predicted octanol–water partition coefficient (Wildman–Crippen LogP) is 4.16. The third kappa shape index (κ3) is 4.33. The van der Waals surface area contributed by atoms with Crippen LogP contribution in [0.25, 0.3) is 28.1 Å². The van der Waals surface area contributed by atoms with Crippen LogP contribution in [0.4, 0.5) is 5.82 Å². The zero-order chi connectivity index (χ0) is 23.5. The number of carbonyl (C=O) groups is 1. The van der Waals surface area contributed by atoms with Crippen LogP contribution in [0, 0.1) is 0 Å². The topological polar surface area (TPSA) is 114 Å². The number of para-hydroxylation sites is 1. The first-order valence-corrected chi connectivity index (χ1v) is 11.0. The van der Waals surface area contributed by atoms with Crippen molar-refractivity contribution in [3.8, 4) is 16.9 Å². The second-order valence-electron chi connectivity index (χ2n) is 7.54. The molecule has 0 aliphatic carbocycles. The Balaban J connectivity index is 1.32. The van der Waals surface area contributed by atoms with Crippen LogP contribution < -0.4 is 5.73 Å². The first-order chi connectivity index (χ1) is 16.6. The molecule has 0 bridgehead atoms. The summed E-state index contributed by atoms with van der Waals surface area (Å²) in [4.78, 5) is 25.4. The number of rotatable bonds is 7. The Bertz CT molecular complexity index is 1450. The van der Waals surface area contributed by atoms with Crippen molar-refractivity contribution in [1.82, 2.24) is 29.3 Å². The number of benzene rings is 2. The van der Waals surface area contributed by atoms with E-state index in [0.717, 1.165) is 11.3 Å². The van der Waals surface area contributed by atoms with Crippen molar-refractivity contribution in [2.24, 2.45) is 0 Å². The van der Waals surface area contributed by atoms with Crippen LogP contribution in [-0.2, 0) is 11.3 Å². The first kappa shape index (κ1) is 21.6. The van der Waals surface area contributed by atoms with Crippen LogP contribution in [0.2, 0.25) is 5.02 Å². The number of hydrogen-bond acceptors (Lipinski definition) is 7.